The summed E-state index contributed by atoms with van der Waals surface area (Å²) in [6.45, 7) is -0.471. The Hall–Kier alpha value is -1.34. The van der Waals surface area contributed by atoms with Crippen molar-refractivity contribution in [3.05, 3.63) is 0 Å². The van der Waals surface area contributed by atoms with Crippen LogP contribution in [-0.4, -0.2) is 46.8 Å². The van der Waals surface area contributed by atoms with Gasteiger partial charge in [-0.25, -0.2) is 9.18 Å². The molecule has 2 atom stereocenters. The zero-order valence-corrected chi connectivity index (χ0v) is 8.21. The Morgan fingerprint density at radius 1 is 1.44 bits per heavy atom. The van der Waals surface area contributed by atoms with Crippen molar-refractivity contribution in [1.29, 1.82) is 0 Å². The van der Waals surface area contributed by atoms with E-state index in [1.54, 1.807) is 0 Å². The van der Waals surface area contributed by atoms with Gasteiger partial charge in [-0.1, -0.05) is 6.92 Å². The molecule has 0 saturated carbocycles. The molecule has 1 aliphatic heterocycles. The van der Waals surface area contributed by atoms with Crippen molar-refractivity contribution in [3.63, 3.8) is 0 Å². The van der Waals surface area contributed by atoms with Gasteiger partial charge >= 0.3 is 18.1 Å². The first-order chi connectivity index (χ1) is 7.09. The van der Waals surface area contributed by atoms with Crippen molar-refractivity contribution in [1.82, 2.24) is 4.90 Å². The Morgan fingerprint density at radius 3 is 2.25 bits per heavy atom. The van der Waals surface area contributed by atoms with E-state index in [0.29, 0.717) is 0 Å². The fourth-order valence-electron chi connectivity index (χ4n) is 1.59. The highest BCUT2D eigenvalue weighted by atomic mass is 19.4. The molecule has 1 saturated heterocycles. The van der Waals surface area contributed by atoms with Crippen LogP contribution in [0.5, 0.6) is 0 Å². The van der Waals surface area contributed by atoms with Crippen LogP contribution >= 0.6 is 0 Å². The second-order valence-corrected chi connectivity index (χ2v) is 3.75. The summed E-state index contributed by atoms with van der Waals surface area (Å²) < 4.78 is 49.7. The molecule has 8 heteroatoms. The van der Waals surface area contributed by atoms with Gasteiger partial charge in [0.15, 0.2) is 0 Å². The lowest BCUT2D eigenvalue weighted by Crippen LogP contribution is -2.44. The van der Waals surface area contributed by atoms with Crippen LogP contribution in [0.1, 0.15) is 6.92 Å². The van der Waals surface area contributed by atoms with Crippen LogP contribution in [0.25, 0.3) is 0 Å². The van der Waals surface area contributed by atoms with Crippen molar-refractivity contribution in [2.24, 2.45) is 5.92 Å². The summed E-state index contributed by atoms with van der Waals surface area (Å²) in [4.78, 5) is 21.5. The van der Waals surface area contributed by atoms with Crippen LogP contribution in [-0.2, 0) is 9.59 Å². The predicted molar refractivity (Wildman–Crippen MR) is 43.3 cm³/mol. The monoisotopic (exact) mass is 243 g/mol. The third-order valence-electron chi connectivity index (χ3n) is 2.58. The van der Waals surface area contributed by atoms with Crippen LogP contribution in [0.2, 0.25) is 0 Å². The molecule has 0 aromatic heterocycles. The van der Waals surface area contributed by atoms with Gasteiger partial charge in [-0.3, -0.25) is 4.79 Å². The maximum absolute atomic E-state index is 13.7. The number of alkyl halides is 4. The Balaban J connectivity index is 2.86. The molecule has 1 amide bonds. The average Bonchev–Trinajstić information content (AvgIpc) is 2.41. The van der Waals surface area contributed by atoms with Crippen LogP contribution < -0.4 is 0 Å². The molecule has 1 aliphatic rings. The summed E-state index contributed by atoms with van der Waals surface area (Å²) in [5.74, 6) is -5.23. The lowest BCUT2D eigenvalue weighted by atomic mass is 9.95. The van der Waals surface area contributed by atoms with Gasteiger partial charge in [0.2, 0.25) is 5.67 Å². The molecular formula is C8H9F4NO3. The van der Waals surface area contributed by atoms with Crippen LogP contribution in [0.4, 0.5) is 17.6 Å². The third-order valence-corrected chi connectivity index (χ3v) is 2.58. The topological polar surface area (TPSA) is 57.6 Å². The van der Waals surface area contributed by atoms with E-state index in [1.165, 1.54) is 0 Å². The predicted octanol–water partition coefficient (Wildman–Crippen LogP) is 0.820. The lowest BCUT2D eigenvalue weighted by molar-refractivity contribution is -0.185. The van der Waals surface area contributed by atoms with Gasteiger partial charge in [0.05, 0.1) is 6.54 Å². The number of amides is 1. The van der Waals surface area contributed by atoms with Gasteiger partial charge in [-0.05, 0) is 0 Å². The number of hydrogen-bond donors (Lipinski definition) is 1. The number of hydrogen-bond acceptors (Lipinski definition) is 2. The summed E-state index contributed by atoms with van der Waals surface area (Å²) in [6.07, 6.45) is -5.11. The van der Waals surface area contributed by atoms with Gasteiger partial charge in [-0.15, -0.1) is 0 Å². The molecule has 0 aliphatic carbocycles. The lowest BCUT2D eigenvalue weighted by Gasteiger charge is -2.19. The second-order valence-electron chi connectivity index (χ2n) is 3.75. The first kappa shape index (κ1) is 12.7. The Morgan fingerprint density at radius 2 is 1.94 bits per heavy atom. The molecule has 0 aromatic carbocycles. The van der Waals surface area contributed by atoms with Crippen molar-refractivity contribution in [2.75, 3.05) is 13.1 Å². The molecule has 1 heterocycles. The fourth-order valence-corrected chi connectivity index (χ4v) is 1.59. The fraction of sp³-hybridized carbons (Fsp3) is 0.750. The van der Waals surface area contributed by atoms with Crippen molar-refractivity contribution >= 4 is 11.9 Å². The van der Waals surface area contributed by atoms with Crippen LogP contribution in [0.3, 0.4) is 0 Å². The van der Waals surface area contributed by atoms with Gasteiger partial charge in [0.1, 0.15) is 0 Å². The van der Waals surface area contributed by atoms with E-state index >= 15 is 0 Å². The van der Waals surface area contributed by atoms with E-state index in [0.717, 1.165) is 6.92 Å². The van der Waals surface area contributed by atoms with E-state index in [2.05, 4.69) is 0 Å². The third kappa shape index (κ3) is 1.96. The molecule has 1 N–H and O–H groups in total. The van der Waals surface area contributed by atoms with E-state index < -0.39 is 42.7 Å². The minimum absolute atomic E-state index is 0.179. The number of carbonyl (C=O) groups excluding carboxylic acids is 1. The maximum atomic E-state index is 13.7. The standard InChI is InChI=1S/C8H9F4NO3/c1-4-2-13(5(14)8(10,11)12)3-7(4,9)6(15)16/h4H,2-3H2,1H3,(H,15,16)/t4-,7+/m1/s1. The minimum atomic E-state index is -5.11. The largest absolute Gasteiger partial charge is 0.479 e. The molecule has 0 spiro atoms. The Kier molecular flexibility index (Phi) is 2.86. The van der Waals surface area contributed by atoms with Gasteiger partial charge in [-0.2, -0.15) is 13.2 Å². The van der Waals surface area contributed by atoms with Gasteiger partial charge in [0, 0.05) is 12.5 Å². The van der Waals surface area contributed by atoms with Crippen molar-refractivity contribution in [2.45, 2.75) is 18.8 Å². The summed E-state index contributed by atoms with van der Waals surface area (Å²) in [5, 5.41) is 8.55. The van der Waals surface area contributed by atoms with E-state index in [4.69, 9.17) is 5.11 Å². The number of rotatable bonds is 1. The quantitative estimate of drug-likeness (QED) is 0.693. The summed E-state index contributed by atoms with van der Waals surface area (Å²) in [5.41, 5.74) is -2.80. The maximum Gasteiger partial charge on any atom is 0.471 e. The number of carboxylic acid groups (broad SMARTS) is 1. The molecule has 0 unspecified atom stereocenters. The summed E-state index contributed by atoms with van der Waals surface area (Å²) in [7, 11) is 0. The van der Waals surface area contributed by atoms with Gasteiger partial charge in [0.25, 0.3) is 0 Å². The Bertz CT molecular complexity index is 330. The van der Waals surface area contributed by atoms with Crippen LogP contribution in [0, 0.1) is 5.92 Å². The van der Waals surface area contributed by atoms with Crippen LogP contribution in [0.15, 0.2) is 0 Å². The first-order valence-electron chi connectivity index (χ1n) is 4.37. The molecule has 1 fully saturated rings. The van der Waals surface area contributed by atoms with E-state index in [-0.39, 0.29) is 4.90 Å². The number of carbonyl (C=O) groups is 2. The SMILES string of the molecule is C[C@@H]1CN(C(=O)C(F)(F)F)C[C@@]1(F)C(=O)O. The zero-order chi connectivity index (χ0) is 12.7. The molecule has 0 aromatic rings. The van der Waals surface area contributed by atoms with Crippen molar-refractivity contribution < 1.29 is 32.3 Å². The number of halogens is 4. The highest BCUT2D eigenvalue weighted by Crippen LogP contribution is 2.33. The molecule has 0 bridgehead atoms. The summed E-state index contributed by atoms with van der Waals surface area (Å²) in [6, 6.07) is 0. The minimum Gasteiger partial charge on any atom is -0.479 e. The number of carboxylic acids is 1. The first-order valence-corrected chi connectivity index (χ1v) is 4.37. The second kappa shape index (κ2) is 3.60. The number of nitrogens with zero attached hydrogens (tertiary/aromatic N) is 1. The molecule has 16 heavy (non-hydrogen) atoms. The smallest absolute Gasteiger partial charge is 0.471 e. The van der Waals surface area contributed by atoms with Crippen molar-refractivity contribution in [3.8, 4) is 0 Å². The van der Waals surface area contributed by atoms with E-state index in [9.17, 15) is 27.2 Å². The zero-order valence-electron chi connectivity index (χ0n) is 8.21. The van der Waals surface area contributed by atoms with E-state index in [1.807, 2.05) is 0 Å². The molecule has 4 nitrogen and oxygen atoms in total. The number of likely N-dealkylation sites (tertiary alicyclic amines) is 1. The Labute approximate surface area is 87.8 Å². The molecular weight excluding hydrogens is 234 g/mol. The molecule has 92 valence electrons. The van der Waals surface area contributed by atoms with Gasteiger partial charge < -0.3 is 10.0 Å². The highest BCUT2D eigenvalue weighted by Gasteiger charge is 2.56. The summed E-state index contributed by atoms with van der Waals surface area (Å²) >= 11 is 0. The average molecular weight is 243 g/mol. The number of aliphatic carboxylic acids is 1. The molecule has 0 radical (unpaired) electrons. The molecule has 1 rings (SSSR count). The highest BCUT2D eigenvalue weighted by molar-refractivity contribution is 5.85. The normalized spacial score (nSPS) is 30.6.